The normalized spacial score (nSPS) is 12.0. The van der Waals surface area contributed by atoms with Gasteiger partial charge in [-0.25, -0.2) is 0 Å². The molecule has 18 heavy (non-hydrogen) atoms. The summed E-state index contributed by atoms with van der Waals surface area (Å²) in [5.74, 6) is 0. The Labute approximate surface area is 163 Å². The van der Waals surface area contributed by atoms with Gasteiger partial charge in [0.1, 0.15) is 0 Å². The Bertz CT molecular complexity index is 134. The summed E-state index contributed by atoms with van der Waals surface area (Å²) in [5, 5.41) is 0. The molecule has 0 spiro atoms. The first-order valence-corrected chi connectivity index (χ1v) is 13.9. The van der Waals surface area contributed by atoms with Gasteiger partial charge in [-0.15, -0.1) is 0 Å². The molecule has 0 aliphatic rings. The molecule has 0 amide bonds. The van der Waals surface area contributed by atoms with Crippen molar-refractivity contribution in [2.75, 3.05) is 0 Å². The van der Waals surface area contributed by atoms with Crippen LogP contribution in [-0.2, 0) is 0 Å². The van der Waals surface area contributed by atoms with Crippen LogP contribution in [0.4, 0.5) is 0 Å². The van der Waals surface area contributed by atoms with Crippen molar-refractivity contribution < 1.29 is 0 Å². The number of hydrogen-bond acceptors (Lipinski definition) is 0. The fourth-order valence-electron chi connectivity index (χ4n) is 0. The molecule has 0 atom stereocenters. The third-order valence-corrected chi connectivity index (χ3v) is 12.5. The predicted octanol–water partition coefficient (Wildman–Crippen LogP) is 4.86. The van der Waals surface area contributed by atoms with E-state index in [1.807, 2.05) is 0 Å². The summed E-state index contributed by atoms with van der Waals surface area (Å²) >= 11 is 4.56. The zero-order valence-corrected chi connectivity index (χ0v) is 24.4. The molecule has 6 radical (unpaired) electrons. The van der Waals surface area contributed by atoms with E-state index in [4.69, 9.17) is 0 Å². The van der Waals surface area contributed by atoms with Crippen LogP contribution in [0.15, 0.2) is 0 Å². The Morgan fingerprint density at radius 1 is 0.444 bits per heavy atom. The quantitative estimate of drug-likeness (QED) is 0.307. The summed E-state index contributed by atoms with van der Waals surface area (Å²) in [7, 11) is 0. The van der Waals surface area contributed by atoms with E-state index in [-0.39, 0.29) is 0 Å². The van der Waals surface area contributed by atoms with Gasteiger partial charge in [-0.3, -0.25) is 0 Å². The molecule has 0 saturated carbocycles. The second-order valence-electron chi connectivity index (χ2n) is 8.16. The Morgan fingerprint density at radius 3 is 0.500 bits per heavy atom. The molecule has 0 aliphatic heterocycles. The van der Waals surface area contributed by atoms with Gasteiger partial charge in [0.05, 0.1) is 0 Å². The van der Waals surface area contributed by atoms with Crippen LogP contribution in [-0.4, -0.2) is 74.2 Å². The van der Waals surface area contributed by atoms with Crippen LogP contribution in [0, 0.1) is 16.2 Å². The summed E-state index contributed by atoms with van der Waals surface area (Å²) in [6, 6.07) is 0. The molecule has 0 aromatic carbocycles. The fourth-order valence-corrected chi connectivity index (χ4v) is 0. The average molecular weight is 840 g/mol. The van der Waals surface area contributed by atoms with Crippen molar-refractivity contribution in [3.63, 3.8) is 0 Å². The van der Waals surface area contributed by atoms with Crippen molar-refractivity contribution in [3.05, 3.63) is 0 Å². The van der Waals surface area contributed by atoms with E-state index in [0.29, 0.717) is 16.2 Å². The first-order chi connectivity index (χ1) is 7.68. The van der Waals surface area contributed by atoms with E-state index in [1.165, 1.54) is 86.5 Å². The van der Waals surface area contributed by atoms with Gasteiger partial charge in [0.25, 0.3) is 0 Å². The Morgan fingerprint density at radius 2 is 0.500 bits per heavy atom. The van der Waals surface area contributed by atoms with Crippen molar-refractivity contribution in [1.29, 1.82) is 0 Å². The minimum absolute atomic E-state index is 0.591. The number of rotatable bonds is 0. The van der Waals surface area contributed by atoms with Crippen LogP contribution in [0.3, 0.4) is 0 Å². The van der Waals surface area contributed by atoms with Gasteiger partial charge in [-0.1, -0.05) is 0 Å². The second-order valence-corrected chi connectivity index (χ2v) is 11.8. The zero-order chi connectivity index (χ0) is 15.6. The average Bonchev–Trinajstić information content (AvgIpc) is 2.16. The van der Waals surface area contributed by atoms with Crippen LogP contribution in [0.25, 0.3) is 0 Å². The van der Waals surface area contributed by atoms with Crippen molar-refractivity contribution in [1.82, 2.24) is 0 Å². The summed E-state index contributed by atoms with van der Waals surface area (Å²) in [6.07, 6.45) is 0. The van der Waals surface area contributed by atoms with Gasteiger partial charge in [0.2, 0.25) is 0 Å². The van der Waals surface area contributed by atoms with Gasteiger partial charge in [-0.2, -0.15) is 0 Å². The molecule has 0 saturated heterocycles. The SMILES string of the molecule is CC(C)(C)[CH2][Bi].CC(C)(C)[CH2][Bi].CC(C)(C)[CH2][Bi]. The first-order valence-electron chi connectivity index (χ1n) is 6.51. The van der Waals surface area contributed by atoms with Gasteiger partial charge >= 0.3 is 165 Å². The third-order valence-electron chi connectivity index (χ3n) is 1.42. The fraction of sp³-hybridized carbons (Fsp3) is 1.00. The molecule has 0 aromatic heterocycles. The van der Waals surface area contributed by atoms with Crippen LogP contribution in [0.1, 0.15) is 62.3 Å². The first kappa shape index (κ1) is 25.6. The van der Waals surface area contributed by atoms with Crippen LogP contribution in [0.2, 0.25) is 12.4 Å². The maximum atomic E-state index is 2.27. The van der Waals surface area contributed by atoms with Crippen molar-refractivity contribution >= 4 is 74.2 Å². The summed E-state index contributed by atoms with van der Waals surface area (Å²) in [6.45, 7) is 20.4. The molecule has 0 heterocycles. The Hall–Kier alpha value is 2.65. The topological polar surface area (TPSA) is 0 Å². The van der Waals surface area contributed by atoms with Crippen LogP contribution >= 0.6 is 0 Å². The van der Waals surface area contributed by atoms with E-state index in [2.05, 4.69) is 62.3 Å². The van der Waals surface area contributed by atoms with Gasteiger partial charge < -0.3 is 0 Å². The van der Waals surface area contributed by atoms with Crippen LogP contribution < -0.4 is 0 Å². The molecular formula is C15H33Bi3. The monoisotopic (exact) mass is 840 g/mol. The summed E-state index contributed by atoms with van der Waals surface area (Å²) in [5.41, 5.74) is 1.77. The molecule has 3 heteroatoms. The molecule has 0 fully saturated rings. The molecular weight excluding hydrogens is 807 g/mol. The van der Waals surface area contributed by atoms with E-state index >= 15 is 0 Å². The third kappa shape index (κ3) is 42.8. The molecule has 0 aliphatic carbocycles. The summed E-state index contributed by atoms with van der Waals surface area (Å²) < 4.78 is 4.15. The molecule has 108 valence electrons. The van der Waals surface area contributed by atoms with Gasteiger partial charge in [0.15, 0.2) is 0 Å². The number of hydrogen-bond donors (Lipinski definition) is 0. The summed E-state index contributed by atoms with van der Waals surface area (Å²) in [4.78, 5) is 0. The zero-order valence-electron chi connectivity index (χ0n) is 14.0. The van der Waals surface area contributed by atoms with E-state index in [1.54, 1.807) is 0 Å². The van der Waals surface area contributed by atoms with Gasteiger partial charge in [-0.05, 0) is 0 Å². The van der Waals surface area contributed by atoms with Gasteiger partial charge in [0, 0.05) is 0 Å². The van der Waals surface area contributed by atoms with Crippen molar-refractivity contribution in [2.24, 2.45) is 16.2 Å². The Balaban J connectivity index is -0.000000187. The molecule has 0 aromatic rings. The van der Waals surface area contributed by atoms with Crippen molar-refractivity contribution in [2.45, 2.75) is 74.7 Å². The Kier molecular flexibility index (Phi) is 17.4. The van der Waals surface area contributed by atoms with E-state index in [0.717, 1.165) is 0 Å². The molecule has 0 unspecified atom stereocenters. The molecule has 0 N–H and O–H groups in total. The molecule has 0 rings (SSSR count). The second kappa shape index (κ2) is 12.2. The van der Waals surface area contributed by atoms with Crippen molar-refractivity contribution in [3.8, 4) is 0 Å². The molecule has 0 bridgehead atoms. The van der Waals surface area contributed by atoms with Crippen LogP contribution in [0.5, 0.6) is 0 Å². The van der Waals surface area contributed by atoms with E-state index < -0.39 is 0 Å². The maximum absolute atomic E-state index is 2.27. The minimum atomic E-state index is 0.591. The molecule has 0 nitrogen and oxygen atoms in total. The van der Waals surface area contributed by atoms with E-state index in [9.17, 15) is 0 Å². The predicted molar refractivity (Wildman–Crippen MR) is 90.0 cm³/mol. The standard InChI is InChI=1S/3C5H11.3Bi/c3*1-5(2,3)4;;;/h3*1H2,2-4H3;;;.